The van der Waals surface area contributed by atoms with Gasteiger partial charge >= 0.3 is 0 Å². The van der Waals surface area contributed by atoms with E-state index in [1.165, 1.54) is 11.8 Å². The molecular weight excluding hydrogens is 312 g/mol. The van der Waals surface area contributed by atoms with Crippen molar-refractivity contribution in [2.75, 3.05) is 16.8 Å². The second-order valence-electron chi connectivity index (χ2n) is 6.61. The predicted octanol–water partition coefficient (Wildman–Crippen LogP) is 4.42. The van der Waals surface area contributed by atoms with E-state index in [-0.39, 0.29) is 18.4 Å². The van der Waals surface area contributed by atoms with E-state index in [2.05, 4.69) is 19.2 Å². The Kier molecular flexibility index (Phi) is 5.97. The summed E-state index contributed by atoms with van der Waals surface area (Å²) in [7, 11) is 0. The number of hydrogen-bond acceptors (Lipinski definition) is 2. The summed E-state index contributed by atoms with van der Waals surface area (Å²) < 4.78 is 0. The molecule has 0 heterocycles. The van der Waals surface area contributed by atoms with E-state index in [0.29, 0.717) is 5.92 Å². The van der Waals surface area contributed by atoms with Gasteiger partial charge in [0.2, 0.25) is 11.8 Å². The van der Waals surface area contributed by atoms with Crippen LogP contribution in [0.15, 0.2) is 42.5 Å². The molecular formula is C21H26N2O2. The quantitative estimate of drug-likeness (QED) is 0.877. The lowest BCUT2D eigenvalue weighted by Crippen LogP contribution is -2.37. The van der Waals surface area contributed by atoms with Crippen molar-refractivity contribution in [2.24, 2.45) is 0 Å². The highest BCUT2D eigenvalue weighted by Gasteiger charge is 2.19. The average Bonchev–Trinajstić information content (AvgIpc) is 2.55. The van der Waals surface area contributed by atoms with E-state index in [1.807, 2.05) is 56.3 Å². The number of benzene rings is 2. The third-order valence-electron chi connectivity index (χ3n) is 4.41. The Hall–Kier alpha value is -2.62. The monoisotopic (exact) mass is 338 g/mol. The molecule has 0 saturated carbocycles. The number of carbonyl (C=O) groups excluding carboxylic acids is 2. The van der Waals surface area contributed by atoms with Crippen LogP contribution in [0.4, 0.5) is 11.4 Å². The lowest BCUT2D eigenvalue weighted by molar-refractivity contribution is -0.120. The molecule has 2 aromatic carbocycles. The Morgan fingerprint density at radius 3 is 2.36 bits per heavy atom. The van der Waals surface area contributed by atoms with Crippen molar-refractivity contribution in [3.05, 3.63) is 59.2 Å². The van der Waals surface area contributed by atoms with E-state index >= 15 is 0 Å². The van der Waals surface area contributed by atoms with Gasteiger partial charge in [0.05, 0.1) is 0 Å². The zero-order valence-corrected chi connectivity index (χ0v) is 15.6. The molecule has 0 aliphatic carbocycles. The van der Waals surface area contributed by atoms with Gasteiger partial charge in [-0.15, -0.1) is 0 Å². The van der Waals surface area contributed by atoms with Crippen LogP contribution in [-0.2, 0) is 9.59 Å². The van der Waals surface area contributed by atoms with E-state index in [1.54, 1.807) is 0 Å². The molecule has 2 aromatic rings. The molecule has 0 aliphatic heterocycles. The van der Waals surface area contributed by atoms with Crippen LogP contribution in [-0.4, -0.2) is 18.4 Å². The number of hydrogen-bond donors (Lipinski definition) is 1. The predicted molar refractivity (Wildman–Crippen MR) is 103 cm³/mol. The van der Waals surface area contributed by atoms with Gasteiger partial charge in [0, 0.05) is 18.3 Å². The van der Waals surface area contributed by atoms with Crippen molar-refractivity contribution in [2.45, 2.75) is 40.5 Å². The fourth-order valence-corrected chi connectivity index (χ4v) is 2.84. The summed E-state index contributed by atoms with van der Waals surface area (Å²) in [5.74, 6) is -0.0513. The highest BCUT2D eigenvalue weighted by atomic mass is 16.2. The smallest absolute Gasteiger partial charge is 0.244 e. The highest BCUT2D eigenvalue weighted by Crippen LogP contribution is 2.25. The second kappa shape index (κ2) is 7.97. The van der Waals surface area contributed by atoms with Crippen molar-refractivity contribution in [1.82, 2.24) is 0 Å². The summed E-state index contributed by atoms with van der Waals surface area (Å²) in [5, 5.41) is 2.95. The van der Waals surface area contributed by atoms with Gasteiger partial charge < -0.3 is 10.2 Å². The van der Waals surface area contributed by atoms with E-state index in [0.717, 1.165) is 28.1 Å². The summed E-state index contributed by atoms with van der Waals surface area (Å²) in [5.41, 5.74) is 4.76. The average molecular weight is 338 g/mol. The Balaban J connectivity index is 2.22. The Bertz CT molecular complexity index is 781. The maximum Gasteiger partial charge on any atom is 0.244 e. The molecule has 2 amide bonds. The Morgan fingerprint density at radius 1 is 1.04 bits per heavy atom. The third-order valence-corrected chi connectivity index (χ3v) is 4.41. The first-order valence-electron chi connectivity index (χ1n) is 8.54. The van der Waals surface area contributed by atoms with Gasteiger partial charge in [-0.25, -0.2) is 0 Å². The number of nitrogens with zero attached hydrogens (tertiary/aromatic N) is 1. The minimum Gasteiger partial charge on any atom is -0.324 e. The number of amides is 2. The van der Waals surface area contributed by atoms with E-state index < -0.39 is 0 Å². The van der Waals surface area contributed by atoms with Gasteiger partial charge in [-0.1, -0.05) is 44.2 Å². The molecule has 2 rings (SSSR count). The summed E-state index contributed by atoms with van der Waals surface area (Å²) in [6, 6.07) is 13.5. The first kappa shape index (κ1) is 18.7. The number of anilines is 2. The second-order valence-corrected chi connectivity index (χ2v) is 6.61. The van der Waals surface area contributed by atoms with Gasteiger partial charge in [0.25, 0.3) is 0 Å². The fraction of sp³-hybridized carbons (Fsp3) is 0.333. The molecule has 0 atom stereocenters. The first-order chi connectivity index (χ1) is 11.8. The van der Waals surface area contributed by atoms with Crippen molar-refractivity contribution in [1.29, 1.82) is 0 Å². The van der Waals surface area contributed by atoms with Crippen LogP contribution >= 0.6 is 0 Å². The minimum atomic E-state index is -0.204. The maximum absolute atomic E-state index is 12.6. The molecule has 132 valence electrons. The maximum atomic E-state index is 12.6. The standard InChI is InChI=1S/C21H26N2O2/c1-14(2)18-10-6-7-11-19(18)22-21(25)13-23(17(5)24)20-12-8-9-15(3)16(20)4/h6-12,14H,13H2,1-5H3,(H,22,25). The number of carbonyl (C=O) groups is 2. The molecule has 0 unspecified atom stereocenters. The van der Waals surface area contributed by atoms with Crippen LogP contribution in [0.2, 0.25) is 0 Å². The van der Waals surface area contributed by atoms with Crippen molar-refractivity contribution in [3.8, 4) is 0 Å². The largest absolute Gasteiger partial charge is 0.324 e. The zero-order chi connectivity index (χ0) is 18.6. The summed E-state index contributed by atoms with van der Waals surface area (Å²) in [6.45, 7) is 9.61. The molecule has 0 radical (unpaired) electrons. The number of nitrogens with one attached hydrogen (secondary N) is 1. The highest BCUT2D eigenvalue weighted by molar-refractivity contribution is 6.02. The van der Waals surface area contributed by atoms with Crippen LogP contribution in [0.1, 0.15) is 43.4 Å². The van der Waals surface area contributed by atoms with Crippen molar-refractivity contribution >= 4 is 23.2 Å². The molecule has 0 spiro atoms. The molecule has 0 aromatic heterocycles. The molecule has 25 heavy (non-hydrogen) atoms. The fourth-order valence-electron chi connectivity index (χ4n) is 2.84. The van der Waals surface area contributed by atoms with Crippen molar-refractivity contribution in [3.63, 3.8) is 0 Å². The van der Waals surface area contributed by atoms with E-state index in [4.69, 9.17) is 0 Å². The Labute approximate surface area is 149 Å². The molecule has 0 saturated heterocycles. The molecule has 0 fully saturated rings. The van der Waals surface area contributed by atoms with Gasteiger partial charge in [-0.05, 0) is 48.6 Å². The minimum absolute atomic E-state index is 0.00788. The van der Waals surface area contributed by atoms with Crippen LogP contribution < -0.4 is 10.2 Å². The molecule has 0 aliphatic rings. The lowest BCUT2D eigenvalue weighted by Gasteiger charge is -2.24. The lowest BCUT2D eigenvalue weighted by atomic mass is 10.0. The third kappa shape index (κ3) is 4.47. The summed E-state index contributed by atoms with van der Waals surface area (Å²) in [4.78, 5) is 26.2. The number of aryl methyl sites for hydroxylation is 1. The topological polar surface area (TPSA) is 49.4 Å². The summed E-state index contributed by atoms with van der Waals surface area (Å²) in [6.07, 6.45) is 0. The van der Waals surface area contributed by atoms with Crippen LogP contribution in [0, 0.1) is 13.8 Å². The molecule has 4 nitrogen and oxygen atoms in total. The van der Waals surface area contributed by atoms with Gasteiger partial charge in [-0.3, -0.25) is 9.59 Å². The van der Waals surface area contributed by atoms with E-state index in [9.17, 15) is 9.59 Å². The molecule has 1 N–H and O–H groups in total. The molecule has 4 heteroatoms. The number of rotatable bonds is 5. The van der Waals surface area contributed by atoms with Gasteiger partial charge in [0.1, 0.15) is 6.54 Å². The normalized spacial score (nSPS) is 10.6. The Morgan fingerprint density at radius 2 is 1.72 bits per heavy atom. The van der Waals surface area contributed by atoms with Crippen LogP contribution in [0.3, 0.4) is 0 Å². The van der Waals surface area contributed by atoms with Gasteiger partial charge in [0.15, 0.2) is 0 Å². The first-order valence-corrected chi connectivity index (χ1v) is 8.54. The zero-order valence-electron chi connectivity index (χ0n) is 15.6. The van der Waals surface area contributed by atoms with Gasteiger partial charge in [-0.2, -0.15) is 0 Å². The van der Waals surface area contributed by atoms with Crippen LogP contribution in [0.5, 0.6) is 0 Å². The molecule has 0 bridgehead atoms. The van der Waals surface area contributed by atoms with Crippen LogP contribution in [0.25, 0.3) is 0 Å². The SMILES string of the molecule is CC(=O)N(CC(=O)Nc1ccccc1C(C)C)c1cccc(C)c1C. The van der Waals surface area contributed by atoms with Crippen molar-refractivity contribution < 1.29 is 9.59 Å². The number of para-hydroxylation sites is 1. The summed E-state index contributed by atoms with van der Waals surface area (Å²) >= 11 is 0.